The van der Waals surface area contributed by atoms with Gasteiger partial charge in [0, 0.05) is 18.4 Å². The van der Waals surface area contributed by atoms with E-state index in [1.54, 1.807) is 0 Å². The topological polar surface area (TPSA) is 41.1 Å². The third-order valence-corrected chi connectivity index (χ3v) is 3.20. The van der Waals surface area contributed by atoms with Crippen molar-refractivity contribution in [1.29, 1.82) is 0 Å². The number of amides is 1. The van der Waals surface area contributed by atoms with Gasteiger partial charge in [-0.1, -0.05) is 30.3 Å². The summed E-state index contributed by atoms with van der Waals surface area (Å²) in [5.41, 5.74) is 1.34. The molecule has 1 fully saturated rings. The molecule has 0 bridgehead atoms. The molecule has 0 saturated heterocycles. The largest absolute Gasteiger partial charge is 0.353 e. The van der Waals surface area contributed by atoms with E-state index < -0.39 is 0 Å². The average molecular weight is 232 g/mol. The first-order chi connectivity index (χ1) is 8.31. The van der Waals surface area contributed by atoms with Crippen LogP contribution in [0.5, 0.6) is 0 Å². The Morgan fingerprint density at radius 2 is 2.12 bits per heavy atom. The fourth-order valence-electron chi connectivity index (χ4n) is 2.13. The smallest absolute Gasteiger partial charge is 0.220 e. The van der Waals surface area contributed by atoms with Crippen molar-refractivity contribution in [3.8, 4) is 0 Å². The lowest BCUT2D eigenvalue weighted by Crippen LogP contribution is -2.27. The van der Waals surface area contributed by atoms with E-state index in [1.165, 1.54) is 5.56 Å². The number of hydrogen-bond acceptors (Lipinski definition) is 2. The van der Waals surface area contributed by atoms with Gasteiger partial charge in [0.2, 0.25) is 5.91 Å². The second-order valence-electron chi connectivity index (χ2n) is 4.63. The number of benzene rings is 1. The molecule has 1 saturated carbocycles. The molecule has 0 aliphatic heterocycles. The first kappa shape index (κ1) is 12.1. The molecule has 0 spiro atoms. The second kappa shape index (κ2) is 5.82. The Bertz CT molecular complexity index is 364. The summed E-state index contributed by atoms with van der Waals surface area (Å²) in [6, 6.07) is 10.8. The minimum Gasteiger partial charge on any atom is -0.353 e. The van der Waals surface area contributed by atoms with Crippen molar-refractivity contribution in [2.75, 3.05) is 13.6 Å². The molecule has 1 aromatic carbocycles. The Morgan fingerprint density at radius 3 is 2.82 bits per heavy atom. The van der Waals surface area contributed by atoms with E-state index in [-0.39, 0.29) is 5.91 Å². The summed E-state index contributed by atoms with van der Waals surface area (Å²) in [4.78, 5) is 11.6. The molecular weight excluding hydrogens is 212 g/mol. The van der Waals surface area contributed by atoms with Crippen molar-refractivity contribution in [3.63, 3.8) is 0 Å². The molecular formula is C14H20N2O. The minimum absolute atomic E-state index is 0.184. The lowest BCUT2D eigenvalue weighted by Gasteiger charge is -2.04. The molecule has 3 nitrogen and oxygen atoms in total. The molecule has 1 aliphatic rings. The predicted molar refractivity (Wildman–Crippen MR) is 68.9 cm³/mol. The molecule has 0 aromatic heterocycles. The molecule has 0 radical (unpaired) electrons. The van der Waals surface area contributed by atoms with Gasteiger partial charge in [0.05, 0.1) is 0 Å². The van der Waals surface area contributed by atoms with E-state index in [9.17, 15) is 4.79 Å². The van der Waals surface area contributed by atoms with Crippen LogP contribution in [0, 0.1) is 0 Å². The number of nitrogens with one attached hydrogen (secondary N) is 2. The third kappa shape index (κ3) is 3.56. The molecule has 92 valence electrons. The van der Waals surface area contributed by atoms with Gasteiger partial charge in [-0.05, 0) is 32.0 Å². The number of carbonyl (C=O) groups excluding carboxylic acids is 1. The minimum atomic E-state index is 0.184. The molecule has 2 rings (SSSR count). The molecule has 3 heteroatoms. The van der Waals surface area contributed by atoms with Crippen LogP contribution in [0.15, 0.2) is 30.3 Å². The number of carbonyl (C=O) groups is 1. The zero-order chi connectivity index (χ0) is 12.1. The Hall–Kier alpha value is -1.35. The van der Waals surface area contributed by atoms with Crippen LogP contribution in [0.2, 0.25) is 0 Å². The quantitative estimate of drug-likeness (QED) is 0.732. The molecule has 1 amide bonds. The number of rotatable bonds is 6. The van der Waals surface area contributed by atoms with Crippen molar-refractivity contribution in [3.05, 3.63) is 35.9 Å². The number of hydrogen-bond donors (Lipinski definition) is 2. The first-order valence-electron chi connectivity index (χ1n) is 6.30. The zero-order valence-electron chi connectivity index (χ0n) is 10.3. The highest BCUT2D eigenvalue weighted by atomic mass is 16.1. The van der Waals surface area contributed by atoms with Crippen molar-refractivity contribution in [2.45, 2.75) is 31.2 Å². The van der Waals surface area contributed by atoms with Crippen LogP contribution in [-0.4, -0.2) is 25.5 Å². The molecule has 1 aromatic rings. The van der Waals surface area contributed by atoms with Crippen LogP contribution in [0.4, 0.5) is 0 Å². The summed E-state index contributed by atoms with van der Waals surface area (Å²) in [7, 11) is 1.91. The van der Waals surface area contributed by atoms with Crippen molar-refractivity contribution in [1.82, 2.24) is 10.6 Å². The Labute approximate surface area is 103 Å². The first-order valence-corrected chi connectivity index (χ1v) is 6.30. The highest BCUT2D eigenvalue weighted by molar-refractivity contribution is 5.76. The van der Waals surface area contributed by atoms with Gasteiger partial charge in [0.1, 0.15) is 0 Å². The van der Waals surface area contributed by atoms with Crippen molar-refractivity contribution < 1.29 is 4.79 Å². The SMILES string of the molecule is CNCCCC(=O)NC1CC1c1ccccc1. The summed E-state index contributed by atoms with van der Waals surface area (Å²) in [6.45, 7) is 0.903. The summed E-state index contributed by atoms with van der Waals surface area (Å²) >= 11 is 0. The highest BCUT2D eigenvalue weighted by Gasteiger charge is 2.38. The lowest BCUT2D eigenvalue weighted by molar-refractivity contribution is -0.121. The van der Waals surface area contributed by atoms with Crippen LogP contribution in [0.3, 0.4) is 0 Å². The van der Waals surface area contributed by atoms with Gasteiger partial charge in [0.25, 0.3) is 0 Å². The second-order valence-corrected chi connectivity index (χ2v) is 4.63. The van der Waals surface area contributed by atoms with Gasteiger partial charge < -0.3 is 10.6 Å². The Balaban J connectivity index is 1.71. The zero-order valence-corrected chi connectivity index (χ0v) is 10.3. The third-order valence-electron chi connectivity index (χ3n) is 3.20. The Kier molecular flexibility index (Phi) is 4.15. The maximum Gasteiger partial charge on any atom is 0.220 e. The van der Waals surface area contributed by atoms with Crippen LogP contribution in [0.25, 0.3) is 0 Å². The standard InChI is InChI=1S/C14H20N2O/c1-15-9-5-8-14(17)16-13-10-12(13)11-6-3-2-4-7-11/h2-4,6-7,12-13,15H,5,8-10H2,1H3,(H,16,17). The van der Waals surface area contributed by atoms with E-state index >= 15 is 0 Å². The summed E-state index contributed by atoms with van der Waals surface area (Å²) in [6.07, 6.45) is 2.62. The monoisotopic (exact) mass is 232 g/mol. The van der Waals surface area contributed by atoms with Gasteiger partial charge in [-0.3, -0.25) is 4.79 Å². The van der Waals surface area contributed by atoms with Gasteiger partial charge in [-0.15, -0.1) is 0 Å². The van der Waals surface area contributed by atoms with E-state index in [2.05, 4.69) is 34.9 Å². The maximum absolute atomic E-state index is 11.6. The van der Waals surface area contributed by atoms with E-state index in [0.29, 0.717) is 18.4 Å². The normalized spacial score (nSPS) is 22.2. The van der Waals surface area contributed by atoms with Gasteiger partial charge in [-0.25, -0.2) is 0 Å². The fourth-order valence-corrected chi connectivity index (χ4v) is 2.13. The maximum atomic E-state index is 11.6. The van der Waals surface area contributed by atoms with E-state index in [1.807, 2.05) is 13.1 Å². The molecule has 1 aliphatic carbocycles. The molecule has 2 N–H and O–H groups in total. The molecule has 2 unspecified atom stereocenters. The van der Waals surface area contributed by atoms with Gasteiger partial charge >= 0.3 is 0 Å². The van der Waals surface area contributed by atoms with Crippen LogP contribution >= 0.6 is 0 Å². The fraction of sp³-hybridized carbons (Fsp3) is 0.500. The van der Waals surface area contributed by atoms with Gasteiger partial charge in [0.15, 0.2) is 0 Å². The average Bonchev–Trinajstić information content (AvgIpc) is 3.10. The lowest BCUT2D eigenvalue weighted by atomic mass is 10.1. The van der Waals surface area contributed by atoms with Crippen molar-refractivity contribution >= 4 is 5.91 Å². The summed E-state index contributed by atoms with van der Waals surface area (Å²) in [5.74, 6) is 0.716. The summed E-state index contributed by atoms with van der Waals surface area (Å²) in [5, 5.41) is 6.14. The summed E-state index contributed by atoms with van der Waals surface area (Å²) < 4.78 is 0. The predicted octanol–water partition coefficient (Wildman–Crippen LogP) is 1.66. The van der Waals surface area contributed by atoms with E-state index in [0.717, 1.165) is 19.4 Å². The molecule has 0 heterocycles. The van der Waals surface area contributed by atoms with Crippen LogP contribution in [0.1, 0.15) is 30.7 Å². The van der Waals surface area contributed by atoms with Crippen molar-refractivity contribution in [2.24, 2.45) is 0 Å². The molecule has 2 atom stereocenters. The highest BCUT2D eigenvalue weighted by Crippen LogP contribution is 2.40. The van der Waals surface area contributed by atoms with Crippen LogP contribution < -0.4 is 10.6 Å². The molecule has 17 heavy (non-hydrogen) atoms. The Morgan fingerprint density at radius 1 is 1.35 bits per heavy atom. The van der Waals surface area contributed by atoms with Crippen LogP contribution in [-0.2, 0) is 4.79 Å². The van der Waals surface area contributed by atoms with E-state index in [4.69, 9.17) is 0 Å². The van der Waals surface area contributed by atoms with Gasteiger partial charge in [-0.2, -0.15) is 0 Å².